The predicted octanol–water partition coefficient (Wildman–Crippen LogP) is 1.59. The van der Waals surface area contributed by atoms with Crippen LogP contribution in [0.3, 0.4) is 0 Å². The molecule has 0 atom stereocenters. The van der Waals surface area contributed by atoms with Crippen molar-refractivity contribution >= 4 is 11.9 Å². The number of carbonyl (C=O) groups is 2. The van der Waals surface area contributed by atoms with Gasteiger partial charge in [-0.1, -0.05) is 0 Å². The molecule has 6 heteroatoms. The highest BCUT2D eigenvalue weighted by molar-refractivity contribution is 5.91. The first-order chi connectivity index (χ1) is 9.19. The van der Waals surface area contributed by atoms with Gasteiger partial charge in [-0.05, 0) is 19.1 Å². The molecule has 19 heavy (non-hydrogen) atoms. The summed E-state index contributed by atoms with van der Waals surface area (Å²) in [7, 11) is 0. The lowest BCUT2D eigenvalue weighted by Gasteiger charge is -2.19. The quantitative estimate of drug-likeness (QED) is 0.698. The molecule has 0 aliphatic carbocycles. The van der Waals surface area contributed by atoms with Gasteiger partial charge in [0.15, 0.2) is 5.76 Å². The highest BCUT2D eigenvalue weighted by Crippen LogP contribution is 2.07. The van der Waals surface area contributed by atoms with Gasteiger partial charge >= 0.3 is 5.97 Å². The Morgan fingerprint density at radius 2 is 2.26 bits per heavy atom. The minimum absolute atomic E-state index is 0.103. The fourth-order valence-corrected chi connectivity index (χ4v) is 1.52. The Bertz CT molecular complexity index is 448. The van der Waals surface area contributed by atoms with Crippen LogP contribution < -0.4 is 0 Å². The van der Waals surface area contributed by atoms with Crippen LogP contribution in [0.2, 0.25) is 0 Å². The summed E-state index contributed by atoms with van der Waals surface area (Å²) in [6.07, 6.45) is 1.71. The Kier molecular flexibility index (Phi) is 6.16. The summed E-state index contributed by atoms with van der Waals surface area (Å²) in [5.41, 5.74) is 0. The van der Waals surface area contributed by atoms with E-state index in [9.17, 15) is 9.59 Å². The van der Waals surface area contributed by atoms with Crippen LogP contribution in [0.4, 0.5) is 0 Å². The van der Waals surface area contributed by atoms with Crippen molar-refractivity contribution in [1.82, 2.24) is 4.90 Å². The molecule has 0 saturated carbocycles. The molecule has 1 amide bonds. The molecule has 0 aromatic carbocycles. The first-order valence-electron chi connectivity index (χ1n) is 6.04. The zero-order chi connectivity index (χ0) is 14.1. The molecule has 0 saturated heterocycles. The monoisotopic (exact) mass is 264 g/mol. The zero-order valence-corrected chi connectivity index (χ0v) is 10.8. The lowest BCUT2D eigenvalue weighted by atomic mass is 10.3. The minimum atomic E-state index is -0.364. The molecule has 0 aliphatic heterocycles. The van der Waals surface area contributed by atoms with Gasteiger partial charge in [0.25, 0.3) is 5.91 Å². The van der Waals surface area contributed by atoms with Crippen molar-refractivity contribution in [2.45, 2.75) is 19.8 Å². The molecule has 1 heterocycles. The largest absolute Gasteiger partial charge is 0.466 e. The van der Waals surface area contributed by atoms with Gasteiger partial charge in [0.05, 0.1) is 31.8 Å². The van der Waals surface area contributed by atoms with Gasteiger partial charge in [-0.15, -0.1) is 0 Å². The smallest absolute Gasteiger partial charge is 0.307 e. The summed E-state index contributed by atoms with van der Waals surface area (Å²) >= 11 is 0. The van der Waals surface area contributed by atoms with Crippen LogP contribution in [0.15, 0.2) is 22.8 Å². The topological polar surface area (TPSA) is 83.5 Å². The van der Waals surface area contributed by atoms with Crippen LogP contribution in [0.1, 0.15) is 30.3 Å². The van der Waals surface area contributed by atoms with E-state index in [0.717, 1.165) is 0 Å². The molecule has 6 nitrogen and oxygen atoms in total. The Balaban J connectivity index is 2.59. The van der Waals surface area contributed by atoms with E-state index in [0.29, 0.717) is 6.61 Å². The fraction of sp³-hybridized carbons (Fsp3) is 0.462. The third-order valence-electron chi connectivity index (χ3n) is 2.40. The minimum Gasteiger partial charge on any atom is -0.466 e. The lowest BCUT2D eigenvalue weighted by Crippen LogP contribution is -2.33. The van der Waals surface area contributed by atoms with Crippen molar-refractivity contribution in [3.8, 4) is 6.07 Å². The maximum Gasteiger partial charge on any atom is 0.307 e. The first kappa shape index (κ1) is 14.8. The van der Waals surface area contributed by atoms with E-state index in [1.165, 1.54) is 11.2 Å². The predicted molar refractivity (Wildman–Crippen MR) is 66.1 cm³/mol. The number of amides is 1. The number of nitrogens with zero attached hydrogens (tertiary/aromatic N) is 2. The van der Waals surface area contributed by atoms with Crippen LogP contribution in [0, 0.1) is 11.3 Å². The van der Waals surface area contributed by atoms with Gasteiger partial charge < -0.3 is 14.1 Å². The summed E-state index contributed by atoms with van der Waals surface area (Å²) in [6.45, 7) is 2.50. The molecular formula is C13H16N2O4. The summed E-state index contributed by atoms with van der Waals surface area (Å²) < 4.78 is 9.82. The molecule has 0 bridgehead atoms. The lowest BCUT2D eigenvalue weighted by molar-refractivity contribution is -0.143. The zero-order valence-electron chi connectivity index (χ0n) is 10.8. The number of ether oxygens (including phenoxy) is 1. The Hall–Kier alpha value is -2.29. The molecule has 102 valence electrons. The second-order valence-electron chi connectivity index (χ2n) is 3.73. The van der Waals surface area contributed by atoms with Crippen LogP contribution in [0.5, 0.6) is 0 Å². The van der Waals surface area contributed by atoms with Crippen LogP contribution in [-0.2, 0) is 9.53 Å². The maximum atomic E-state index is 12.1. The van der Waals surface area contributed by atoms with E-state index in [2.05, 4.69) is 0 Å². The van der Waals surface area contributed by atoms with Gasteiger partial charge in [-0.25, -0.2) is 0 Å². The molecule has 0 N–H and O–H groups in total. The summed E-state index contributed by atoms with van der Waals surface area (Å²) in [5, 5.41) is 8.59. The van der Waals surface area contributed by atoms with Gasteiger partial charge in [0, 0.05) is 13.1 Å². The molecule has 0 fully saturated rings. The summed E-state index contributed by atoms with van der Waals surface area (Å²) in [5.74, 6) is -0.497. The van der Waals surface area contributed by atoms with Crippen molar-refractivity contribution in [2.24, 2.45) is 0 Å². The second-order valence-corrected chi connectivity index (χ2v) is 3.73. The number of esters is 1. The van der Waals surface area contributed by atoms with Crippen LogP contribution in [0.25, 0.3) is 0 Å². The molecule has 1 aromatic heterocycles. The Morgan fingerprint density at radius 1 is 1.47 bits per heavy atom. The number of hydrogen-bond acceptors (Lipinski definition) is 5. The van der Waals surface area contributed by atoms with E-state index >= 15 is 0 Å². The third kappa shape index (κ3) is 4.84. The van der Waals surface area contributed by atoms with Crippen molar-refractivity contribution < 1.29 is 18.7 Å². The Labute approximate surface area is 111 Å². The first-order valence-corrected chi connectivity index (χ1v) is 6.04. The average molecular weight is 264 g/mol. The number of furan rings is 1. The van der Waals surface area contributed by atoms with E-state index in [-0.39, 0.29) is 43.6 Å². The second kappa shape index (κ2) is 7.93. The van der Waals surface area contributed by atoms with Crippen molar-refractivity contribution in [2.75, 3.05) is 19.7 Å². The maximum absolute atomic E-state index is 12.1. The number of nitriles is 1. The molecular weight excluding hydrogens is 248 g/mol. The number of hydrogen-bond donors (Lipinski definition) is 0. The molecule has 0 radical (unpaired) electrons. The SMILES string of the molecule is CCOC(=O)CCN(CCC#N)C(=O)c1ccco1. The van der Waals surface area contributed by atoms with E-state index in [1.54, 1.807) is 19.1 Å². The highest BCUT2D eigenvalue weighted by atomic mass is 16.5. The number of carbonyl (C=O) groups excluding carboxylic acids is 2. The van der Waals surface area contributed by atoms with Gasteiger partial charge in [0.2, 0.25) is 0 Å². The molecule has 1 rings (SSSR count). The van der Waals surface area contributed by atoms with E-state index in [1.807, 2.05) is 6.07 Å². The van der Waals surface area contributed by atoms with Gasteiger partial charge in [-0.3, -0.25) is 9.59 Å². The highest BCUT2D eigenvalue weighted by Gasteiger charge is 2.19. The van der Waals surface area contributed by atoms with E-state index in [4.69, 9.17) is 14.4 Å². The Morgan fingerprint density at radius 3 is 2.84 bits per heavy atom. The van der Waals surface area contributed by atoms with Gasteiger partial charge in [-0.2, -0.15) is 5.26 Å². The number of rotatable bonds is 7. The summed E-state index contributed by atoms with van der Waals surface area (Å²) in [4.78, 5) is 24.8. The van der Waals surface area contributed by atoms with Crippen LogP contribution in [-0.4, -0.2) is 36.5 Å². The standard InChI is InChI=1S/C13H16N2O4/c1-2-18-12(16)6-9-15(8-4-7-14)13(17)11-5-3-10-19-11/h3,5,10H,2,4,6,8-9H2,1H3. The van der Waals surface area contributed by atoms with Crippen LogP contribution >= 0.6 is 0 Å². The molecule has 0 aliphatic rings. The normalized spacial score (nSPS) is 9.68. The summed E-state index contributed by atoms with van der Waals surface area (Å²) in [6, 6.07) is 5.13. The fourth-order valence-electron chi connectivity index (χ4n) is 1.52. The third-order valence-corrected chi connectivity index (χ3v) is 2.40. The van der Waals surface area contributed by atoms with Crippen molar-refractivity contribution in [3.05, 3.63) is 24.2 Å². The van der Waals surface area contributed by atoms with E-state index < -0.39 is 0 Å². The molecule has 0 unspecified atom stereocenters. The van der Waals surface area contributed by atoms with Crippen molar-refractivity contribution in [1.29, 1.82) is 5.26 Å². The average Bonchev–Trinajstić information content (AvgIpc) is 2.92. The molecule has 0 spiro atoms. The van der Waals surface area contributed by atoms with Crippen molar-refractivity contribution in [3.63, 3.8) is 0 Å². The molecule has 1 aromatic rings. The van der Waals surface area contributed by atoms with Gasteiger partial charge in [0.1, 0.15) is 0 Å².